The number of carbonyl (C=O) groups excluding carboxylic acids is 2. The number of amides is 1. The van der Waals surface area contributed by atoms with E-state index in [9.17, 15) is 9.59 Å². The summed E-state index contributed by atoms with van der Waals surface area (Å²) < 4.78 is 5.08. The molecule has 0 bridgehead atoms. The zero-order chi connectivity index (χ0) is 21.5. The van der Waals surface area contributed by atoms with Gasteiger partial charge in [-0.2, -0.15) is 0 Å². The molecule has 30 heavy (non-hydrogen) atoms. The number of nitrogens with zero attached hydrogens (tertiary/aromatic N) is 2. The third-order valence-electron chi connectivity index (χ3n) is 4.70. The molecular weight excluding hydrogens is 396 g/mol. The summed E-state index contributed by atoms with van der Waals surface area (Å²) in [5.74, 6) is -0.403. The van der Waals surface area contributed by atoms with Gasteiger partial charge in [0.1, 0.15) is 5.01 Å². The molecule has 0 aliphatic rings. The van der Waals surface area contributed by atoms with Crippen LogP contribution in [-0.2, 0) is 11.3 Å². The maximum absolute atomic E-state index is 13.5. The molecule has 3 rings (SSSR count). The minimum Gasteiger partial charge on any atom is -0.461 e. The van der Waals surface area contributed by atoms with Gasteiger partial charge in [0.05, 0.1) is 12.6 Å². The molecule has 0 saturated carbocycles. The van der Waals surface area contributed by atoms with Gasteiger partial charge in [-0.25, -0.2) is 9.78 Å². The Labute approximate surface area is 181 Å². The molecule has 0 aliphatic carbocycles. The molecular formula is C24H26N2O3S. The van der Waals surface area contributed by atoms with E-state index in [0.29, 0.717) is 18.7 Å². The highest BCUT2D eigenvalue weighted by Gasteiger charge is 2.31. The predicted octanol–water partition coefficient (Wildman–Crippen LogP) is 5.36. The quantitative estimate of drug-likeness (QED) is 0.459. The van der Waals surface area contributed by atoms with Gasteiger partial charge in [-0.1, -0.05) is 62.4 Å². The molecule has 1 aromatic heterocycles. The number of rotatable bonds is 8. The summed E-state index contributed by atoms with van der Waals surface area (Å²) in [6.07, 6.45) is 0. The van der Waals surface area contributed by atoms with Crippen molar-refractivity contribution in [2.75, 3.05) is 6.61 Å². The Bertz CT molecular complexity index is 970. The lowest BCUT2D eigenvalue weighted by Gasteiger charge is -2.33. The minimum absolute atomic E-state index is 0.0639. The number of thiazole rings is 1. The highest BCUT2D eigenvalue weighted by Crippen LogP contribution is 2.33. The first-order chi connectivity index (χ1) is 14.5. The van der Waals surface area contributed by atoms with Crippen molar-refractivity contribution in [3.63, 3.8) is 0 Å². The summed E-state index contributed by atoms with van der Waals surface area (Å²) in [5.41, 5.74) is 1.95. The molecule has 0 fully saturated rings. The predicted molar refractivity (Wildman–Crippen MR) is 118 cm³/mol. The molecule has 1 amide bonds. The third-order valence-corrected chi connectivity index (χ3v) is 5.62. The average molecular weight is 423 g/mol. The smallest absolute Gasteiger partial charge is 0.357 e. The van der Waals surface area contributed by atoms with E-state index in [1.807, 2.05) is 65.6 Å². The number of hydrogen-bond donors (Lipinski definition) is 0. The topological polar surface area (TPSA) is 59.5 Å². The van der Waals surface area contributed by atoms with Gasteiger partial charge < -0.3 is 9.64 Å². The molecule has 2 aromatic carbocycles. The van der Waals surface area contributed by atoms with Crippen LogP contribution in [0.15, 0.2) is 66.0 Å². The standard InChI is InChI=1S/C24H26N2O3S/c1-4-29-24(28)20-16-30-22(25-20)21(17(2)3)26(15-18-11-7-5-8-12-18)23(27)19-13-9-6-10-14-19/h5-14,16-17,21H,4,15H2,1-3H3. The van der Waals surface area contributed by atoms with Crippen molar-refractivity contribution >= 4 is 23.2 Å². The maximum atomic E-state index is 13.5. The number of esters is 1. The number of benzene rings is 2. The van der Waals surface area contributed by atoms with Crippen LogP contribution in [0.1, 0.15) is 58.2 Å². The Morgan fingerprint density at radius 3 is 2.27 bits per heavy atom. The van der Waals surface area contributed by atoms with Crippen LogP contribution in [0.4, 0.5) is 0 Å². The van der Waals surface area contributed by atoms with Gasteiger partial charge in [-0.05, 0) is 30.5 Å². The Morgan fingerprint density at radius 2 is 1.67 bits per heavy atom. The lowest BCUT2D eigenvalue weighted by atomic mass is 10.0. The van der Waals surface area contributed by atoms with Crippen molar-refractivity contribution in [1.29, 1.82) is 0 Å². The van der Waals surface area contributed by atoms with Crippen LogP contribution in [0.5, 0.6) is 0 Å². The number of aromatic nitrogens is 1. The summed E-state index contributed by atoms with van der Waals surface area (Å²) in [6.45, 7) is 6.64. The Morgan fingerprint density at radius 1 is 1.03 bits per heavy atom. The fourth-order valence-electron chi connectivity index (χ4n) is 3.32. The maximum Gasteiger partial charge on any atom is 0.357 e. The van der Waals surface area contributed by atoms with Gasteiger partial charge in [0.15, 0.2) is 5.69 Å². The van der Waals surface area contributed by atoms with Gasteiger partial charge in [0.2, 0.25) is 0 Å². The molecule has 5 nitrogen and oxygen atoms in total. The van der Waals surface area contributed by atoms with Crippen LogP contribution < -0.4 is 0 Å². The first kappa shape index (κ1) is 21.7. The van der Waals surface area contributed by atoms with Crippen LogP contribution in [0, 0.1) is 5.92 Å². The van der Waals surface area contributed by atoms with E-state index in [-0.39, 0.29) is 23.6 Å². The summed E-state index contributed by atoms with van der Waals surface area (Å²) in [6, 6.07) is 18.9. The van der Waals surface area contributed by atoms with Crippen molar-refractivity contribution in [3.8, 4) is 0 Å². The second kappa shape index (κ2) is 10.2. The first-order valence-corrected chi connectivity index (χ1v) is 10.9. The summed E-state index contributed by atoms with van der Waals surface area (Å²) in [5, 5.41) is 2.43. The zero-order valence-electron chi connectivity index (χ0n) is 17.4. The van der Waals surface area contributed by atoms with Crippen molar-refractivity contribution < 1.29 is 14.3 Å². The molecule has 3 aromatic rings. The van der Waals surface area contributed by atoms with E-state index in [0.717, 1.165) is 10.6 Å². The molecule has 0 radical (unpaired) electrons. The van der Waals surface area contributed by atoms with Crippen molar-refractivity contribution in [2.45, 2.75) is 33.4 Å². The molecule has 0 spiro atoms. The number of ether oxygens (including phenoxy) is 1. The number of hydrogen-bond acceptors (Lipinski definition) is 5. The molecule has 6 heteroatoms. The average Bonchev–Trinajstić information content (AvgIpc) is 3.24. The highest BCUT2D eigenvalue weighted by atomic mass is 32.1. The Balaban J connectivity index is 2.00. The van der Waals surface area contributed by atoms with Gasteiger partial charge in [-0.3, -0.25) is 4.79 Å². The van der Waals surface area contributed by atoms with Crippen LogP contribution in [0.2, 0.25) is 0 Å². The van der Waals surface area contributed by atoms with Gasteiger partial charge in [0, 0.05) is 17.5 Å². The van der Waals surface area contributed by atoms with Gasteiger partial charge >= 0.3 is 5.97 Å². The molecule has 1 atom stereocenters. The number of carbonyl (C=O) groups is 2. The van der Waals surface area contributed by atoms with E-state index in [4.69, 9.17) is 4.74 Å². The normalized spacial score (nSPS) is 11.9. The Kier molecular flexibility index (Phi) is 7.36. The van der Waals surface area contributed by atoms with Gasteiger partial charge in [-0.15, -0.1) is 11.3 Å². The molecule has 1 heterocycles. The molecule has 156 valence electrons. The van der Waals surface area contributed by atoms with E-state index >= 15 is 0 Å². The van der Waals surface area contributed by atoms with Crippen LogP contribution >= 0.6 is 11.3 Å². The monoisotopic (exact) mass is 422 g/mol. The van der Waals surface area contributed by atoms with Crippen molar-refractivity contribution in [2.24, 2.45) is 5.92 Å². The van der Waals surface area contributed by atoms with Gasteiger partial charge in [0.25, 0.3) is 5.91 Å². The van der Waals surface area contributed by atoms with Crippen molar-refractivity contribution in [1.82, 2.24) is 9.88 Å². The van der Waals surface area contributed by atoms with E-state index in [2.05, 4.69) is 18.8 Å². The third kappa shape index (κ3) is 5.13. The second-order valence-electron chi connectivity index (χ2n) is 7.26. The first-order valence-electron chi connectivity index (χ1n) is 10.0. The lowest BCUT2D eigenvalue weighted by molar-refractivity contribution is 0.0519. The SMILES string of the molecule is CCOC(=O)c1csc(C(C(C)C)N(Cc2ccccc2)C(=O)c2ccccc2)n1. The Hall–Kier alpha value is -2.99. The summed E-state index contributed by atoms with van der Waals surface area (Å²) >= 11 is 1.39. The fourth-order valence-corrected chi connectivity index (χ4v) is 4.39. The fraction of sp³-hybridized carbons (Fsp3) is 0.292. The largest absolute Gasteiger partial charge is 0.461 e. The summed E-state index contributed by atoms with van der Waals surface area (Å²) in [4.78, 5) is 32.0. The summed E-state index contributed by atoms with van der Waals surface area (Å²) in [7, 11) is 0. The van der Waals surface area contributed by atoms with E-state index in [1.54, 1.807) is 12.3 Å². The van der Waals surface area contributed by atoms with Crippen LogP contribution in [-0.4, -0.2) is 28.4 Å². The van der Waals surface area contributed by atoms with E-state index in [1.165, 1.54) is 11.3 Å². The van der Waals surface area contributed by atoms with Crippen LogP contribution in [0.3, 0.4) is 0 Å². The van der Waals surface area contributed by atoms with Crippen LogP contribution in [0.25, 0.3) is 0 Å². The molecule has 0 saturated heterocycles. The van der Waals surface area contributed by atoms with Crippen molar-refractivity contribution in [3.05, 3.63) is 87.9 Å². The minimum atomic E-state index is -0.438. The zero-order valence-corrected chi connectivity index (χ0v) is 18.3. The molecule has 1 unspecified atom stereocenters. The molecule has 0 aliphatic heterocycles. The highest BCUT2D eigenvalue weighted by molar-refractivity contribution is 7.09. The van der Waals surface area contributed by atoms with E-state index < -0.39 is 5.97 Å². The lowest BCUT2D eigenvalue weighted by Crippen LogP contribution is -2.37. The second-order valence-corrected chi connectivity index (χ2v) is 8.15. The molecule has 0 N–H and O–H groups in total.